The maximum Gasteiger partial charge on any atom is 0.269 e. The molecule has 0 fully saturated rings. The maximum absolute atomic E-state index is 12.1. The lowest BCUT2D eigenvalue weighted by atomic mass is 10.2. The van der Waals surface area contributed by atoms with Crippen LogP contribution < -0.4 is 10.1 Å². The second-order valence-electron chi connectivity index (χ2n) is 5.67. The fourth-order valence-electron chi connectivity index (χ4n) is 2.51. The lowest BCUT2D eigenvalue weighted by Crippen LogP contribution is -2.27. The Morgan fingerprint density at radius 2 is 2.08 bits per heavy atom. The monoisotopic (exact) mass is 340 g/mol. The number of methoxy groups -OCH3 is 1. The molecule has 0 atom stereocenters. The number of oxazole rings is 1. The number of rotatable bonds is 6. The largest absolute Gasteiger partial charge is 0.497 e. The number of hydrogen-bond acceptors (Lipinski definition) is 5. The van der Waals surface area contributed by atoms with Gasteiger partial charge in [-0.15, -0.1) is 0 Å². The number of hydrogen-bond donors (Lipinski definition) is 1. The van der Waals surface area contributed by atoms with E-state index in [-0.39, 0.29) is 5.91 Å². The van der Waals surface area contributed by atoms with Crippen molar-refractivity contribution in [1.82, 2.24) is 20.1 Å². The quantitative estimate of drug-likeness (QED) is 0.745. The average Bonchev–Trinajstić information content (AvgIpc) is 3.21. The minimum atomic E-state index is -0.151. The van der Waals surface area contributed by atoms with Crippen LogP contribution >= 0.6 is 0 Å². The van der Waals surface area contributed by atoms with Crippen molar-refractivity contribution in [2.24, 2.45) is 7.05 Å². The number of nitrogens with one attached hydrogen (secondary N) is 1. The molecule has 1 aromatic carbocycles. The highest BCUT2D eigenvalue weighted by atomic mass is 16.5. The third-order valence-electron chi connectivity index (χ3n) is 3.79. The number of amides is 1. The molecule has 130 valence electrons. The van der Waals surface area contributed by atoms with Crippen LogP contribution in [0.2, 0.25) is 0 Å². The minimum Gasteiger partial charge on any atom is -0.497 e. The SMILES string of the molecule is COc1ccc(-c2nc(CCNC(=O)c3cc(C)nn3C)co2)cc1. The number of benzene rings is 1. The molecule has 0 aliphatic carbocycles. The highest BCUT2D eigenvalue weighted by molar-refractivity contribution is 5.92. The van der Waals surface area contributed by atoms with Crippen LogP contribution in [0.4, 0.5) is 0 Å². The molecule has 3 rings (SSSR count). The van der Waals surface area contributed by atoms with E-state index in [0.29, 0.717) is 24.6 Å². The summed E-state index contributed by atoms with van der Waals surface area (Å²) in [6.45, 7) is 2.32. The third kappa shape index (κ3) is 3.88. The first-order valence-corrected chi connectivity index (χ1v) is 7.94. The molecule has 2 aromatic heterocycles. The minimum absolute atomic E-state index is 0.151. The Kier molecular flexibility index (Phi) is 4.83. The summed E-state index contributed by atoms with van der Waals surface area (Å²) in [5.41, 5.74) is 3.01. The van der Waals surface area contributed by atoms with Gasteiger partial charge < -0.3 is 14.5 Å². The zero-order valence-electron chi connectivity index (χ0n) is 14.4. The Labute approximate surface area is 145 Å². The van der Waals surface area contributed by atoms with Crippen molar-refractivity contribution in [2.75, 3.05) is 13.7 Å². The Morgan fingerprint density at radius 1 is 1.32 bits per heavy atom. The van der Waals surface area contributed by atoms with E-state index in [2.05, 4.69) is 15.4 Å². The fraction of sp³-hybridized carbons (Fsp3) is 0.278. The lowest BCUT2D eigenvalue weighted by molar-refractivity contribution is 0.0944. The molecule has 25 heavy (non-hydrogen) atoms. The summed E-state index contributed by atoms with van der Waals surface area (Å²) in [7, 11) is 3.38. The summed E-state index contributed by atoms with van der Waals surface area (Å²) in [6.07, 6.45) is 2.20. The van der Waals surface area contributed by atoms with Crippen LogP contribution in [-0.4, -0.2) is 34.3 Å². The van der Waals surface area contributed by atoms with Gasteiger partial charge in [0.25, 0.3) is 5.91 Å². The third-order valence-corrected chi connectivity index (χ3v) is 3.79. The van der Waals surface area contributed by atoms with Crippen LogP contribution in [0.5, 0.6) is 5.75 Å². The topological polar surface area (TPSA) is 82.2 Å². The van der Waals surface area contributed by atoms with Crippen molar-refractivity contribution in [3.8, 4) is 17.2 Å². The van der Waals surface area contributed by atoms with Gasteiger partial charge in [-0.2, -0.15) is 5.10 Å². The van der Waals surface area contributed by atoms with Gasteiger partial charge in [-0.3, -0.25) is 9.48 Å². The van der Waals surface area contributed by atoms with Crippen LogP contribution in [-0.2, 0) is 13.5 Å². The summed E-state index contributed by atoms with van der Waals surface area (Å²) in [5, 5.41) is 7.03. The van der Waals surface area contributed by atoms with E-state index in [9.17, 15) is 4.79 Å². The van der Waals surface area contributed by atoms with Crippen LogP contribution in [0, 0.1) is 6.92 Å². The first-order valence-electron chi connectivity index (χ1n) is 7.94. The highest BCUT2D eigenvalue weighted by Crippen LogP contribution is 2.21. The highest BCUT2D eigenvalue weighted by Gasteiger charge is 2.12. The van der Waals surface area contributed by atoms with Gasteiger partial charge in [0.15, 0.2) is 0 Å². The molecule has 0 unspecified atom stereocenters. The van der Waals surface area contributed by atoms with E-state index in [4.69, 9.17) is 9.15 Å². The van der Waals surface area contributed by atoms with E-state index in [1.165, 1.54) is 0 Å². The van der Waals surface area contributed by atoms with Gasteiger partial charge in [0.05, 0.1) is 18.5 Å². The van der Waals surface area contributed by atoms with Crippen LogP contribution in [0.1, 0.15) is 21.9 Å². The molecule has 0 radical (unpaired) electrons. The number of ether oxygens (including phenoxy) is 1. The van der Waals surface area contributed by atoms with E-state index in [1.54, 1.807) is 31.2 Å². The van der Waals surface area contributed by atoms with E-state index < -0.39 is 0 Å². The van der Waals surface area contributed by atoms with Crippen molar-refractivity contribution in [3.05, 3.63) is 53.7 Å². The molecule has 1 amide bonds. The van der Waals surface area contributed by atoms with Crippen LogP contribution in [0.15, 0.2) is 41.0 Å². The molecule has 0 saturated carbocycles. The van der Waals surface area contributed by atoms with Gasteiger partial charge in [0, 0.05) is 25.6 Å². The molecule has 0 aliphatic heterocycles. The van der Waals surface area contributed by atoms with E-state index in [0.717, 1.165) is 22.7 Å². The summed E-state index contributed by atoms with van der Waals surface area (Å²) < 4.78 is 12.2. The van der Waals surface area contributed by atoms with Crippen molar-refractivity contribution >= 4 is 5.91 Å². The number of carbonyl (C=O) groups excluding carboxylic acids is 1. The zero-order valence-corrected chi connectivity index (χ0v) is 14.4. The predicted molar refractivity (Wildman–Crippen MR) is 92.5 cm³/mol. The molecular weight excluding hydrogens is 320 g/mol. The first kappa shape index (κ1) is 16.8. The van der Waals surface area contributed by atoms with E-state index >= 15 is 0 Å². The molecule has 0 spiro atoms. The second kappa shape index (κ2) is 7.21. The Bertz CT molecular complexity index is 865. The molecule has 0 bridgehead atoms. The van der Waals surface area contributed by atoms with Crippen molar-refractivity contribution in [1.29, 1.82) is 0 Å². The summed E-state index contributed by atoms with van der Waals surface area (Å²) in [5.74, 6) is 1.18. The van der Waals surface area contributed by atoms with Crippen LogP contribution in [0.3, 0.4) is 0 Å². The van der Waals surface area contributed by atoms with Gasteiger partial charge in [-0.05, 0) is 37.3 Å². The molecule has 1 N–H and O–H groups in total. The maximum atomic E-state index is 12.1. The number of aryl methyl sites for hydroxylation is 2. The van der Waals surface area contributed by atoms with Crippen LogP contribution in [0.25, 0.3) is 11.5 Å². The molecule has 2 heterocycles. The summed E-state index contributed by atoms with van der Waals surface area (Å²) in [6, 6.07) is 9.25. The molecule has 0 aliphatic rings. The van der Waals surface area contributed by atoms with Gasteiger partial charge >= 0.3 is 0 Å². The number of carbonyl (C=O) groups is 1. The standard InChI is InChI=1S/C18H20N4O3/c1-12-10-16(22(2)21-12)17(23)19-9-8-14-11-25-18(20-14)13-4-6-15(24-3)7-5-13/h4-7,10-11H,8-9H2,1-3H3,(H,19,23). The molecule has 7 nitrogen and oxygen atoms in total. The van der Waals surface area contributed by atoms with Crippen molar-refractivity contribution in [2.45, 2.75) is 13.3 Å². The normalized spacial score (nSPS) is 10.7. The summed E-state index contributed by atoms with van der Waals surface area (Å²) in [4.78, 5) is 16.6. The first-order chi connectivity index (χ1) is 12.1. The smallest absolute Gasteiger partial charge is 0.269 e. The number of nitrogens with zero attached hydrogens (tertiary/aromatic N) is 3. The molecule has 3 aromatic rings. The molecular formula is C18H20N4O3. The number of aromatic nitrogens is 3. The summed E-state index contributed by atoms with van der Waals surface area (Å²) >= 11 is 0. The average molecular weight is 340 g/mol. The van der Waals surface area contributed by atoms with E-state index in [1.807, 2.05) is 31.2 Å². The predicted octanol–water partition coefficient (Wildman–Crippen LogP) is 2.36. The lowest BCUT2D eigenvalue weighted by Gasteiger charge is -2.03. The Balaban J connectivity index is 1.56. The van der Waals surface area contributed by atoms with Gasteiger partial charge in [0.2, 0.25) is 5.89 Å². The van der Waals surface area contributed by atoms with Gasteiger partial charge in [-0.25, -0.2) is 4.98 Å². The van der Waals surface area contributed by atoms with Gasteiger partial charge in [-0.1, -0.05) is 0 Å². The molecule has 0 saturated heterocycles. The Hall–Kier alpha value is -3.09. The van der Waals surface area contributed by atoms with Crippen molar-refractivity contribution in [3.63, 3.8) is 0 Å². The van der Waals surface area contributed by atoms with Gasteiger partial charge in [0.1, 0.15) is 17.7 Å². The van der Waals surface area contributed by atoms with Crippen molar-refractivity contribution < 1.29 is 13.9 Å². The molecule has 7 heteroatoms. The zero-order chi connectivity index (χ0) is 17.8. The fourth-order valence-corrected chi connectivity index (χ4v) is 2.51. The Morgan fingerprint density at radius 3 is 2.72 bits per heavy atom. The second-order valence-corrected chi connectivity index (χ2v) is 5.67.